The number of pyridine rings is 1. The van der Waals surface area contributed by atoms with Crippen molar-refractivity contribution in [3.8, 4) is 5.69 Å². The van der Waals surface area contributed by atoms with E-state index < -0.39 is 0 Å². The average Bonchev–Trinajstić information content (AvgIpc) is 3.46. The van der Waals surface area contributed by atoms with Gasteiger partial charge in [0.15, 0.2) is 0 Å². The van der Waals surface area contributed by atoms with E-state index in [9.17, 15) is 0 Å². The zero-order valence-corrected chi connectivity index (χ0v) is 19.0. The van der Waals surface area contributed by atoms with Crippen LogP contribution >= 0.6 is 11.3 Å². The molecular formula is C31H18N2S. The van der Waals surface area contributed by atoms with Crippen molar-refractivity contribution in [3.05, 3.63) is 109 Å². The van der Waals surface area contributed by atoms with Crippen LogP contribution in [-0.2, 0) is 0 Å². The number of hydrogen-bond acceptors (Lipinski definition) is 2. The van der Waals surface area contributed by atoms with E-state index in [1.54, 1.807) is 0 Å². The summed E-state index contributed by atoms with van der Waals surface area (Å²) in [4.78, 5) is 4.31. The van der Waals surface area contributed by atoms with E-state index in [0.717, 1.165) is 5.69 Å². The zero-order chi connectivity index (χ0) is 22.2. The molecule has 0 amide bonds. The maximum Gasteiger partial charge on any atom is 0.0726 e. The molecule has 0 radical (unpaired) electrons. The Kier molecular flexibility index (Phi) is 3.57. The summed E-state index contributed by atoms with van der Waals surface area (Å²) in [6.45, 7) is 0. The normalized spacial score (nSPS) is 12.1. The van der Waals surface area contributed by atoms with Crippen LogP contribution in [0.25, 0.3) is 69.2 Å². The Hall–Kier alpha value is -4.21. The van der Waals surface area contributed by atoms with Crippen molar-refractivity contribution in [3.63, 3.8) is 0 Å². The van der Waals surface area contributed by atoms with Crippen LogP contribution in [0, 0.1) is 0 Å². The smallest absolute Gasteiger partial charge is 0.0726 e. The summed E-state index contributed by atoms with van der Waals surface area (Å²) in [6.07, 6.45) is 3.78. The van der Waals surface area contributed by atoms with E-state index in [1.165, 1.54) is 63.5 Å². The van der Waals surface area contributed by atoms with Gasteiger partial charge in [0.1, 0.15) is 0 Å². The summed E-state index contributed by atoms with van der Waals surface area (Å²) in [5.41, 5.74) is 3.68. The quantitative estimate of drug-likeness (QED) is 0.244. The van der Waals surface area contributed by atoms with Gasteiger partial charge in [-0.05, 0) is 34.4 Å². The lowest BCUT2D eigenvalue weighted by atomic mass is 9.98. The fourth-order valence-corrected chi connectivity index (χ4v) is 6.95. The van der Waals surface area contributed by atoms with Crippen molar-refractivity contribution >= 4 is 74.9 Å². The van der Waals surface area contributed by atoms with Gasteiger partial charge >= 0.3 is 0 Å². The Bertz CT molecular complexity index is 2060. The molecule has 0 N–H and O–H groups in total. The van der Waals surface area contributed by atoms with Crippen LogP contribution in [0.2, 0.25) is 0 Å². The Labute approximate surface area is 199 Å². The van der Waals surface area contributed by atoms with Gasteiger partial charge in [-0.25, -0.2) is 0 Å². The van der Waals surface area contributed by atoms with E-state index >= 15 is 0 Å². The van der Waals surface area contributed by atoms with Crippen molar-refractivity contribution in [2.75, 3.05) is 0 Å². The van der Waals surface area contributed by atoms with Crippen molar-refractivity contribution in [1.82, 2.24) is 9.55 Å². The third-order valence-electron chi connectivity index (χ3n) is 7.05. The first-order valence-electron chi connectivity index (χ1n) is 11.5. The summed E-state index contributed by atoms with van der Waals surface area (Å²) in [7, 11) is 0. The molecule has 0 saturated heterocycles. The second-order valence-corrected chi connectivity index (χ2v) is 9.85. The first-order valence-corrected chi connectivity index (χ1v) is 12.3. The minimum atomic E-state index is 1.14. The monoisotopic (exact) mass is 450 g/mol. The number of fused-ring (bicyclic) bond motifs is 12. The Morgan fingerprint density at radius 1 is 0.529 bits per heavy atom. The topological polar surface area (TPSA) is 17.8 Å². The Morgan fingerprint density at radius 3 is 2.03 bits per heavy atom. The van der Waals surface area contributed by atoms with Gasteiger partial charge in [-0.15, -0.1) is 11.3 Å². The second-order valence-electron chi connectivity index (χ2n) is 8.80. The first-order chi connectivity index (χ1) is 16.9. The third kappa shape index (κ3) is 2.27. The van der Waals surface area contributed by atoms with E-state index in [1.807, 2.05) is 23.7 Å². The van der Waals surface area contributed by atoms with Crippen molar-refractivity contribution in [2.45, 2.75) is 0 Å². The number of rotatable bonds is 1. The molecule has 2 nitrogen and oxygen atoms in total. The molecule has 0 saturated carbocycles. The molecule has 8 aromatic rings. The lowest BCUT2D eigenvalue weighted by Gasteiger charge is -2.11. The predicted molar refractivity (Wildman–Crippen MR) is 146 cm³/mol. The minimum absolute atomic E-state index is 1.14. The molecule has 5 aromatic carbocycles. The van der Waals surface area contributed by atoms with Crippen LogP contribution in [0.1, 0.15) is 0 Å². The summed E-state index contributed by atoms with van der Waals surface area (Å²) < 4.78 is 5.14. The largest absolute Gasteiger partial charge is 0.307 e. The molecule has 3 heterocycles. The molecule has 0 bridgehead atoms. The number of aromatic nitrogens is 2. The van der Waals surface area contributed by atoms with Gasteiger partial charge < -0.3 is 4.57 Å². The summed E-state index contributed by atoms with van der Waals surface area (Å²) in [5.74, 6) is 0. The van der Waals surface area contributed by atoms with E-state index in [0.29, 0.717) is 0 Å². The highest BCUT2D eigenvalue weighted by Crippen LogP contribution is 2.48. The summed E-state index contributed by atoms with van der Waals surface area (Å²) in [5, 5.41) is 10.5. The van der Waals surface area contributed by atoms with Gasteiger partial charge in [-0.3, -0.25) is 4.98 Å². The van der Waals surface area contributed by atoms with Crippen molar-refractivity contribution in [2.24, 2.45) is 0 Å². The van der Waals surface area contributed by atoms with E-state index in [2.05, 4.69) is 107 Å². The molecule has 3 aromatic heterocycles. The number of nitrogens with zero attached hydrogens (tertiary/aromatic N) is 2. The number of hydrogen-bond donors (Lipinski definition) is 0. The molecule has 0 aliphatic heterocycles. The van der Waals surface area contributed by atoms with E-state index in [4.69, 9.17) is 0 Å². The van der Waals surface area contributed by atoms with Gasteiger partial charge in [0.05, 0.1) is 15.7 Å². The molecular weight excluding hydrogens is 432 g/mol. The molecule has 0 fully saturated rings. The standard InChI is InChI=1S/C31H18N2S/c1-2-8-21-19(7-1)13-14-25-27-22-9-3-4-10-23(22)28-24-11-5-6-12-26(24)34-31(28)30(27)33(29(21)25)20-15-17-32-18-16-20/h1-18H. The van der Waals surface area contributed by atoms with Gasteiger partial charge in [-0.1, -0.05) is 78.9 Å². The molecule has 158 valence electrons. The lowest BCUT2D eigenvalue weighted by Crippen LogP contribution is -1.95. The van der Waals surface area contributed by atoms with Gasteiger partial charge in [0, 0.05) is 49.7 Å². The molecule has 0 unspecified atom stereocenters. The fourth-order valence-electron chi connectivity index (χ4n) is 5.69. The van der Waals surface area contributed by atoms with Crippen LogP contribution < -0.4 is 0 Å². The third-order valence-corrected chi connectivity index (χ3v) is 8.23. The average molecular weight is 451 g/mol. The lowest BCUT2D eigenvalue weighted by molar-refractivity contribution is 1.17. The van der Waals surface area contributed by atoms with E-state index in [-0.39, 0.29) is 0 Å². The Morgan fingerprint density at radius 2 is 1.21 bits per heavy atom. The SMILES string of the molecule is c1ccc2c(c1)ccc1c3c4ccccc4c4c5ccccc5sc4c3n(-c3ccncc3)c21. The summed E-state index contributed by atoms with van der Waals surface area (Å²) >= 11 is 1.90. The second kappa shape index (κ2) is 6.66. The van der Waals surface area contributed by atoms with Crippen LogP contribution in [0.5, 0.6) is 0 Å². The van der Waals surface area contributed by atoms with Crippen molar-refractivity contribution < 1.29 is 0 Å². The first kappa shape index (κ1) is 18.2. The van der Waals surface area contributed by atoms with Gasteiger partial charge in [0.25, 0.3) is 0 Å². The molecule has 8 rings (SSSR count). The van der Waals surface area contributed by atoms with Crippen LogP contribution in [0.4, 0.5) is 0 Å². The Balaban J connectivity index is 1.79. The highest BCUT2D eigenvalue weighted by atomic mass is 32.1. The molecule has 0 atom stereocenters. The maximum atomic E-state index is 4.31. The van der Waals surface area contributed by atoms with Gasteiger partial charge in [-0.2, -0.15) is 0 Å². The fraction of sp³-hybridized carbons (Fsp3) is 0. The zero-order valence-electron chi connectivity index (χ0n) is 18.2. The number of thiophene rings is 1. The highest BCUT2D eigenvalue weighted by molar-refractivity contribution is 7.27. The molecule has 0 aliphatic rings. The molecule has 3 heteroatoms. The van der Waals surface area contributed by atoms with Gasteiger partial charge in [0.2, 0.25) is 0 Å². The minimum Gasteiger partial charge on any atom is -0.307 e. The maximum absolute atomic E-state index is 4.31. The summed E-state index contributed by atoms with van der Waals surface area (Å²) in [6, 6.07) is 35.2. The predicted octanol–water partition coefficient (Wildman–Crippen LogP) is 8.85. The molecule has 0 spiro atoms. The molecule has 34 heavy (non-hydrogen) atoms. The van der Waals surface area contributed by atoms with Crippen LogP contribution in [-0.4, -0.2) is 9.55 Å². The van der Waals surface area contributed by atoms with Crippen LogP contribution in [0.15, 0.2) is 109 Å². The molecule has 0 aliphatic carbocycles. The highest BCUT2D eigenvalue weighted by Gasteiger charge is 2.22. The number of benzene rings is 5. The van der Waals surface area contributed by atoms with Crippen LogP contribution in [0.3, 0.4) is 0 Å². The van der Waals surface area contributed by atoms with Crippen molar-refractivity contribution in [1.29, 1.82) is 0 Å².